The number of nitrogens with one attached hydrogen (secondary N) is 1. The van der Waals surface area contributed by atoms with Crippen molar-refractivity contribution < 1.29 is 17.6 Å². The second-order valence-corrected chi connectivity index (χ2v) is 8.27. The SMILES string of the molecule is CCc1ccc(S(=O)(=O)NCCN2CCN(C(=O)c3ccco3)CC2)cc1. The van der Waals surface area contributed by atoms with Crippen molar-refractivity contribution in [1.82, 2.24) is 14.5 Å². The zero-order chi connectivity index (χ0) is 19.3. The molecule has 1 fully saturated rings. The lowest BCUT2D eigenvalue weighted by Crippen LogP contribution is -2.50. The van der Waals surface area contributed by atoms with Gasteiger partial charge in [0, 0.05) is 39.3 Å². The largest absolute Gasteiger partial charge is 0.459 e. The zero-order valence-electron chi connectivity index (χ0n) is 15.4. The highest BCUT2D eigenvalue weighted by Crippen LogP contribution is 2.11. The Morgan fingerprint density at radius 1 is 1.11 bits per heavy atom. The molecule has 1 amide bonds. The molecule has 0 unspecified atom stereocenters. The molecule has 0 bridgehead atoms. The van der Waals surface area contributed by atoms with Gasteiger partial charge in [0.05, 0.1) is 11.2 Å². The first-order valence-electron chi connectivity index (χ1n) is 9.13. The van der Waals surface area contributed by atoms with Gasteiger partial charge in [-0.15, -0.1) is 0 Å². The third-order valence-electron chi connectivity index (χ3n) is 4.75. The first-order valence-corrected chi connectivity index (χ1v) is 10.6. The number of sulfonamides is 1. The number of carbonyl (C=O) groups excluding carboxylic acids is 1. The molecule has 0 atom stereocenters. The van der Waals surface area contributed by atoms with Gasteiger partial charge >= 0.3 is 0 Å². The highest BCUT2D eigenvalue weighted by atomic mass is 32.2. The van der Waals surface area contributed by atoms with E-state index < -0.39 is 10.0 Å². The summed E-state index contributed by atoms with van der Waals surface area (Å²) in [5, 5.41) is 0. The molecule has 27 heavy (non-hydrogen) atoms. The molecule has 3 rings (SSSR count). The van der Waals surface area contributed by atoms with Gasteiger partial charge in [0.25, 0.3) is 5.91 Å². The van der Waals surface area contributed by atoms with Crippen LogP contribution in [0.4, 0.5) is 0 Å². The lowest BCUT2D eigenvalue weighted by molar-refractivity contribution is 0.0609. The fourth-order valence-corrected chi connectivity index (χ4v) is 4.08. The van der Waals surface area contributed by atoms with Gasteiger partial charge in [-0.05, 0) is 36.2 Å². The van der Waals surface area contributed by atoms with Crippen LogP contribution in [-0.4, -0.2) is 63.4 Å². The summed E-state index contributed by atoms with van der Waals surface area (Å²) in [6, 6.07) is 10.3. The van der Waals surface area contributed by atoms with E-state index in [0.717, 1.165) is 12.0 Å². The van der Waals surface area contributed by atoms with Gasteiger partial charge in [-0.2, -0.15) is 0 Å². The number of rotatable bonds is 7. The van der Waals surface area contributed by atoms with Gasteiger partial charge < -0.3 is 9.32 Å². The standard InChI is InChI=1S/C19H25N3O4S/c1-2-16-5-7-17(8-6-16)27(24,25)20-9-10-21-11-13-22(14-12-21)19(23)18-4-3-15-26-18/h3-8,15,20H,2,9-14H2,1H3. The van der Waals surface area contributed by atoms with Crippen molar-refractivity contribution in [3.63, 3.8) is 0 Å². The Balaban J connectivity index is 1.44. The van der Waals surface area contributed by atoms with Crippen LogP contribution in [0.1, 0.15) is 23.0 Å². The molecule has 1 aromatic heterocycles. The van der Waals surface area contributed by atoms with Crippen LogP contribution in [0.3, 0.4) is 0 Å². The Kier molecular flexibility index (Phi) is 6.30. The first kappa shape index (κ1) is 19.6. The summed E-state index contributed by atoms with van der Waals surface area (Å²) in [6.07, 6.45) is 2.37. The van der Waals surface area contributed by atoms with E-state index in [1.807, 2.05) is 19.1 Å². The van der Waals surface area contributed by atoms with Gasteiger partial charge in [-0.25, -0.2) is 13.1 Å². The van der Waals surface area contributed by atoms with Crippen LogP contribution in [0.25, 0.3) is 0 Å². The van der Waals surface area contributed by atoms with Crippen LogP contribution in [0, 0.1) is 0 Å². The lowest BCUT2D eigenvalue weighted by atomic mass is 10.2. The van der Waals surface area contributed by atoms with E-state index in [4.69, 9.17) is 4.42 Å². The van der Waals surface area contributed by atoms with Crippen LogP contribution in [-0.2, 0) is 16.4 Å². The van der Waals surface area contributed by atoms with Gasteiger partial charge in [0.1, 0.15) is 0 Å². The van der Waals surface area contributed by atoms with E-state index in [1.165, 1.54) is 6.26 Å². The predicted molar refractivity (Wildman–Crippen MR) is 102 cm³/mol. The van der Waals surface area contributed by atoms with E-state index in [-0.39, 0.29) is 10.8 Å². The van der Waals surface area contributed by atoms with Crippen LogP contribution >= 0.6 is 0 Å². The Bertz CT molecular complexity index is 840. The summed E-state index contributed by atoms with van der Waals surface area (Å²) >= 11 is 0. The maximum Gasteiger partial charge on any atom is 0.289 e. The van der Waals surface area contributed by atoms with Gasteiger partial charge in [-0.1, -0.05) is 19.1 Å². The summed E-state index contributed by atoms with van der Waals surface area (Å²) < 4.78 is 32.5. The second-order valence-electron chi connectivity index (χ2n) is 6.51. The Morgan fingerprint density at radius 2 is 1.81 bits per heavy atom. The smallest absolute Gasteiger partial charge is 0.289 e. The molecule has 2 aromatic rings. The van der Waals surface area contributed by atoms with E-state index in [2.05, 4.69) is 9.62 Å². The lowest BCUT2D eigenvalue weighted by Gasteiger charge is -2.34. The van der Waals surface area contributed by atoms with E-state index in [9.17, 15) is 13.2 Å². The van der Waals surface area contributed by atoms with Crippen molar-refractivity contribution in [2.45, 2.75) is 18.2 Å². The van der Waals surface area contributed by atoms with E-state index >= 15 is 0 Å². The number of hydrogen-bond acceptors (Lipinski definition) is 5. The van der Waals surface area contributed by atoms with Crippen LogP contribution in [0.5, 0.6) is 0 Å². The molecule has 0 saturated carbocycles. The predicted octanol–water partition coefficient (Wildman–Crippen LogP) is 1.58. The number of piperazine rings is 1. The van der Waals surface area contributed by atoms with Crippen molar-refractivity contribution in [2.75, 3.05) is 39.3 Å². The Labute approximate surface area is 160 Å². The van der Waals surface area contributed by atoms with Gasteiger partial charge in [-0.3, -0.25) is 9.69 Å². The second kappa shape index (κ2) is 8.69. The van der Waals surface area contributed by atoms with Crippen LogP contribution in [0.2, 0.25) is 0 Å². The minimum atomic E-state index is -3.49. The topological polar surface area (TPSA) is 82.9 Å². The van der Waals surface area contributed by atoms with Crippen molar-refractivity contribution in [3.8, 4) is 0 Å². The molecule has 1 aliphatic heterocycles. The number of aryl methyl sites for hydroxylation is 1. The third kappa shape index (κ3) is 4.97. The maximum absolute atomic E-state index is 12.4. The minimum absolute atomic E-state index is 0.101. The number of amides is 1. The molecule has 146 valence electrons. The highest BCUT2D eigenvalue weighted by Gasteiger charge is 2.23. The normalized spacial score (nSPS) is 15.8. The molecule has 0 aliphatic carbocycles. The zero-order valence-corrected chi connectivity index (χ0v) is 16.2. The van der Waals surface area contributed by atoms with Crippen molar-refractivity contribution in [2.24, 2.45) is 0 Å². The van der Waals surface area contributed by atoms with E-state index in [0.29, 0.717) is 45.0 Å². The minimum Gasteiger partial charge on any atom is -0.459 e. The van der Waals surface area contributed by atoms with Gasteiger partial charge in [0.2, 0.25) is 10.0 Å². The van der Waals surface area contributed by atoms with Crippen molar-refractivity contribution in [3.05, 3.63) is 54.0 Å². The maximum atomic E-state index is 12.4. The molecular weight excluding hydrogens is 366 g/mol. The average molecular weight is 391 g/mol. The molecular formula is C19H25N3O4S. The van der Waals surface area contributed by atoms with E-state index in [1.54, 1.807) is 29.2 Å². The molecule has 7 nitrogen and oxygen atoms in total. The molecule has 0 spiro atoms. The van der Waals surface area contributed by atoms with Crippen LogP contribution < -0.4 is 4.72 Å². The molecule has 1 N–H and O–H groups in total. The Hall–Kier alpha value is -2.16. The van der Waals surface area contributed by atoms with Crippen molar-refractivity contribution >= 4 is 15.9 Å². The number of benzene rings is 1. The molecule has 0 radical (unpaired) electrons. The summed E-state index contributed by atoms with van der Waals surface area (Å²) in [5.74, 6) is 0.251. The molecule has 1 aromatic carbocycles. The third-order valence-corrected chi connectivity index (χ3v) is 6.23. The molecule has 1 saturated heterocycles. The number of nitrogens with zero attached hydrogens (tertiary/aromatic N) is 2. The van der Waals surface area contributed by atoms with Crippen molar-refractivity contribution in [1.29, 1.82) is 0 Å². The monoisotopic (exact) mass is 391 g/mol. The molecule has 2 heterocycles. The Morgan fingerprint density at radius 3 is 2.41 bits per heavy atom. The highest BCUT2D eigenvalue weighted by molar-refractivity contribution is 7.89. The fourth-order valence-electron chi connectivity index (χ4n) is 3.06. The number of hydrogen-bond donors (Lipinski definition) is 1. The number of carbonyl (C=O) groups is 1. The summed E-state index contributed by atoms with van der Waals surface area (Å²) in [4.78, 5) is 16.4. The average Bonchev–Trinajstić information content (AvgIpc) is 3.23. The fraction of sp³-hybridized carbons (Fsp3) is 0.421. The summed E-state index contributed by atoms with van der Waals surface area (Å²) in [6.45, 7) is 5.59. The summed E-state index contributed by atoms with van der Waals surface area (Å²) in [5.41, 5.74) is 1.11. The molecule has 1 aliphatic rings. The quantitative estimate of drug-likeness (QED) is 0.775. The summed E-state index contributed by atoms with van der Waals surface area (Å²) in [7, 11) is -3.49. The van der Waals surface area contributed by atoms with Crippen LogP contribution in [0.15, 0.2) is 52.0 Å². The van der Waals surface area contributed by atoms with Gasteiger partial charge in [0.15, 0.2) is 5.76 Å². The molecule has 8 heteroatoms. The first-order chi connectivity index (χ1) is 13.0. The number of furan rings is 1.